The van der Waals surface area contributed by atoms with Crippen LogP contribution in [-0.2, 0) is 0 Å². The summed E-state index contributed by atoms with van der Waals surface area (Å²) in [6.45, 7) is 6.71. The summed E-state index contributed by atoms with van der Waals surface area (Å²) in [6, 6.07) is 10.7. The minimum Gasteiger partial charge on any atom is -0.493 e. The minimum absolute atomic E-state index is 0.210. The number of rotatable bonds is 3. The highest BCUT2D eigenvalue weighted by atomic mass is 19.1. The molecule has 0 spiro atoms. The number of hydrogen-bond donors (Lipinski definition) is 0. The lowest BCUT2D eigenvalue weighted by Gasteiger charge is -2.13. The number of benzene rings is 2. The first-order valence-electron chi connectivity index (χ1n) is 6.11. The molecule has 0 aliphatic carbocycles. The zero-order valence-electron chi connectivity index (χ0n) is 11.0. The standard InChI is InChI=1S/C16H17FO/c1-4-18-16-11(2)9-14(10-12(16)3)13-5-7-15(17)8-6-13/h5-10H,4H2,1-3H3. The fourth-order valence-electron chi connectivity index (χ4n) is 2.13. The van der Waals surface area contributed by atoms with Gasteiger partial charge in [-0.15, -0.1) is 0 Å². The molecule has 0 saturated heterocycles. The van der Waals surface area contributed by atoms with Crippen LogP contribution in [0.5, 0.6) is 5.75 Å². The van der Waals surface area contributed by atoms with Crippen molar-refractivity contribution in [3.05, 3.63) is 53.3 Å². The second-order valence-electron chi connectivity index (χ2n) is 4.38. The summed E-state index contributed by atoms with van der Waals surface area (Å²) in [6.07, 6.45) is 0. The van der Waals surface area contributed by atoms with Gasteiger partial charge in [-0.2, -0.15) is 0 Å². The van der Waals surface area contributed by atoms with E-state index in [2.05, 4.69) is 12.1 Å². The Morgan fingerprint density at radius 2 is 1.50 bits per heavy atom. The van der Waals surface area contributed by atoms with Gasteiger partial charge in [-0.05, 0) is 67.3 Å². The van der Waals surface area contributed by atoms with Crippen molar-refractivity contribution >= 4 is 0 Å². The number of ether oxygens (including phenoxy) is 1. The molecule has 0 N–H and O–H groups in total. The Balaban J connectivity index is 2.44. The molecule has 2 rings (SSSR count). The summed E-state index contributed by atoms with van der Waals surface area (Å²) < 4.78 is 18.5. The van der Waals surface area contributed by atoms with E-state index in [1.54, 1.807) is 12.1 Å². The van der Waals surface area contributed by atoms with Crippen LogP contribution in [0.2, 0.25) is 0 Å². The fraction of sp³-hybridized carbons (Fsp3) is 0.250. The highest BCUT2D eigenvalue weighted by molar-refractivity contribution is 5.67. The Bertz CT molecular complexity index is 521. The molecular weight excluding hydrogens is 227 g/mol. The van der Waals surface area contributed by atoms with Gasteiger partial charge in [-0.1, -0.05) is 12.1 Å². The van der Waals surface area contributed by atoms with Gasteiger partial charge in [0.1, 0.15) is 11.6 Å². The minimum atomic E-state index is -0.210. The van der Waals surface area contributed by atoms with Crippen LogP contribution in [0.25, 0.3) is 11.1 Å². The van der Waals surface area contributed by atoms with E-state index in [-0.39, 0.29) is 5.82 Å². The molecule has 0 atom stereocenters. The topological polar surface area (TPSA) is 9.23 Å². The summed E-state index contributed by atoms with van der Waals surface area (Å²) in [7, 11) is 0. The maximum absolute atomic E-state index is 12.9. The average molecular weight is 244 g/mol. The third kappa shape index (κ3) is 2.53. The molecule has 2 aromatic rings. The van der Waals surface area contributed by atoms with E-state index in [1.807, 2.05) is 20.8 Å². The van der Waals surface area contributed by atoms with Crippen molar-refractivity contribution in [2.24, 2.45) is 0 Å². The SMILES string of the molecule is CCOc1c(C)cc(-c2ccc(F)cc2)cc1C. The molecule has 0 bridgehead atoms. The van der Waals surface area contributed by atoms with Crippen LogP contribution in [0.1, 0.15) is 18.1 Å². The second-order valence-corrected chi connectivity index (χ2v) is 4.38. The highest BCUT2D eigenvalue weighted by Gasteiger charge is 2.07. The van der Waals surface area contributed by atoms with Crippen molar-refractivity contribution in [1.29, 1.82) is 0 Å². The van der Waals surface area contributed by atoms with E-state index in [4.69, 9.17) is 4.74 Å². The van der Waals surface area contributed by atoms with Gasteiger partial charge in [0.15, 0.2) is 0 Å². The van der Waals surface area contributed by atoms with E-state index < -0.39 is 0 Å². The molecule has 0 aliphatic rings. The second kappa shape index (κ2) is 5.21. The number of aryl methyl sites for hydroxylation is 2. The van der Waals surface area contributed by atoms with Crippen LogP contribution in [0, 0.1) is 19.7 Å². The van der Waals surface area contributed by atoms with Crippen molar-refractivity contribution in [3.8, 4) is 16.9 Å². The van der Waals surface area contributed by atoms with Crippen molar-refractivity contribution in [3.63, 3.8) is 0 Å². The van der Waals surface area contributed by atoms with E-state index in [1.165, 1.54) is 12.1 Å². The first-order valence-corrected chi connectivity index (χ1v) is 6.11. The summed E-state index contributed by atoms with van der Waals surface area (Å²) in [5, 5.41) is 0. The monoisotopic (exact) mass is 244 g/mol. The summed E-state index contributed by atoms with van der Waals surface area (Å²) >= 11 is 0. The molecule has 1 nitrogen and oxygen atoms in total. The summed E-state index contributed by atoms with van der Waals surface area (Å²) in [5.74, 6) is 0.737. The quantitative estimate of drug-likeness (QED) is 0.772. The lowest BCUT2D eigenvalue weighted by molar-refractivity contribution is 0.335. The van der Waals surface area contributed by atoms with Crippen LogP contribution in [0.3, 0.4) is 0 Å². The van der Waals surface area contributed by atoms with E-state index in [9.17, 15) is 4.39 Å². The third-order valence-electron chi connectivity index (χ3n) is 2.93. The number of halogens is 1. The van der Waals surface area contributed by atoms with Crippen LogP contribution in [0.15, 0.2) is 36.4 Å². The van der Waals surface area contributed by atoms with Gasteiger partial charge in [0.05, 0.1) is 6.61 Å². The van der Waals surface area contributed by atoms with Crippen molar-refractivity contribution < 1.29 is 9.13 Å². The smallest absolute Gasteiger partial charge is 0.125 e. The molecule has 0 saturated carbocycles. The predicted molar refractivity (Wildman–Crippen MR) is 72.5 cm³/mol. The maximum Gasteiger partial charge on any atom is 0.125 e. The molecule has 0 amide bonds. The zero-order chi connectivity index (χ0) is 13.1. The Kier molecular flexibility index (Phi) is 3.66. The van der Waals surface area contributed by atoms with Gasteiger partial charge in [0.25, 0.3) is 0 Å². The van der Waals surface area contributed by atoms with Crippen molar-refractivity contribution in [2.45, 2.75) is 20.8 Å². The normalized spacial score (nSPS) is 10.4. The molecule has 0 aromatic heterocycles. The molecule has 0 aliphatic heterocycles. The molecular formula is C16H17FO. The van der Waals surface area contributed by atoms with Gasteiger partial charge in [-0.25, -0.2) is 4.39 Å². The van der Waals surface area contributed by atoms with Crippen LogP contribution >= 0.6 is 0 Å². The largest absolute Gasteiger partial charge is 0.493 e. The molecule has 0 unspecified atom stereocenters. The average Bonchev–Trinajstić information content (AvgIpc) is 2.34. The van der Waals surface area contributed by atoms with Gasteiger partial charge < -0.3 is 4.74 Å². The Hall–Kier alpha value is -1.83. The van der Waals surface area contributed by atoms with Gasteiger partial charge >= 0.3 is 0 Å². The van der Waals surface area contributed by atoms with Crippen LogP contribution < -0.4 is 4.74 Å². The van der Waals surface area contributed by atoms with Gasteiger partial charge in [0.2, 0.25) is 0 Å². The molecule has 94 valence electrons. The molecule has 18 heavy (non-hydrogen) atoms. The molecule has 0 fully saturated rings. The van der Waals surface area contributed by atoms with E-state index in [0.717, 1.165) is 28.0 Å². The van der Waals surface area contributed by atoms with E-state index >= 15 is 0 Å². The molecule has 0 radical (unpaired) electrons. The Morgan fingerprint density at radius 1 is 0.944 bits per heavy atom. The van der Waals surface area contributed by atoms with E-state index in [0.29, 0.717) is 6.61 Å². The summed E-state index contributed by atoms with van der Waals surface area (Å²) in [5.41, 5.74) is 4.33. The van der Waals surface area contributed by atoms with Crippen LogP contribution in [-0.4, -0.2) is 6.61 Å². The Labute approximate surface area is 107 Å². The molecule has 2 heteroatoms. The third-order valence-corrected chi connectivity index (χ3v) is 2.93. The van der Waals surface area contributed by atoms with Gasteiger partial charge in [0, 0.05) is 0 Å². The summed E-state index contributed by atoms with van der Waals surface area (Å²) in [4.78, 5) is 0. The lowest BCUT2D eigenvalue weighted by Crippen LogP contribution is -1.97. The predicted octanol–water partition coefficient (Wildman–Crippen LogP) is 4.51. The number of hydrogen-bond acceptors (Lipinski definition) is 1. The first kappa shape index (κ1) is 12.6. The van der Waals surface area contributed by atoms with Crippen molar-refractivity contribution in [2.75, 3.05) is 6.61 Å². The maximum atomic E-state index is 12.9. The van der Waals surface area contributed by atoms with Gasteiger partial charge in [-0.3, -0.25) is 0 Å². The van der Waals surface area contributed by atoms with Crippen molar-refractivity contribution in [1.82, 2.24) is 0 Å². The zero-order valence-corrected chi connectivity index (χ0v) is 11.0. The molecule has 2 aromatic carbocycles. The first-order chi connectivity index (χ1) is 8.61. The fourth-order valence-corrected chi connectivity index (χ4v) is 2.13. The molecule has 0 heterocycles. The van der Waals surface area contributed by atoms with Crippen LogP contribution in [0.4, 0.5) is 4.39 Å². The lowest BCUT2D eigenvalue weighted by atomic mass is 10.00. The Morgan fingerprint density at radius 3 is 2.00 bits per heavy atom. The highest BCUT2D eigenvalue weighted by Crippen LogP contribution is 2.30.